The minimum absolute atomic E-state index is 0.239. The number of ether oxygens (including phenoxy) is 1. The number of benzene rings is 2. The Morgan fingerprint density at radius 3 is 2.76 bits per heavy atom. The van der Waals surface area contributed by atoms with E-state index in [0.29, 0.717) is 27.0 Å². The second-order valence-electron chi connectivity index (χ2n) is 6.49. The maximum atomic E-state index is 12.8. The maximum Gasteiger partial charge on any atom is 0.259 e. The van der Waals surface area contributed by atoms with Crippen LogP contribution in [0.5, 0.6) is 5.75 Å². The second kappa shape index (κ2) is 8.15. The van der Waals surface area contributed by atoms with Gasteiger partial charge in [0, 0.05) is 12.4 Å². The number of hydrogen-bond acceptors (Lipinski definition) is 3. The van der Waals surface area contributed by atoms with Crippen LogP contribution in [0.3, 0.4) is 0 Å². The van der Waals surface area contributed by atoms with E-state index in [2.05, 4.69) is 10.3 Å². The van der Waals surface area contributed by atoms with Gasteiger partial charge in [-0.15, -0.1) is 0 Å². The van der Waals surface area contributed by atoms with Crippen LogP contribution in [0.4, 0.5) is 5.69 Å². The van der Waals surface area contributed by atoms with Crippen LogP contribution in [0.2, 0.25) is 10.0 Å². The van der Waals surface area contributed by atoms with E-state index >= 15 is 0 Å². The summed E-state index contributed by atoms with van der Waals surface area (Å²) < 4.78 is 7.86. The first-order valence-corrected chi connectivity index (χ1v) is 9.69. The van der Waals surface area contributed by atoms with Crippen molar-refractivity contribution in [2.45, 2.75) is 13.5 Å². The molecule has 1 N–H and O–H groups in total. The molecule has 0 bridgehead atoms. The smallest absolute Gasteiger partial charge is 0.259 e. The molecule has 0 atom stereocenters. The number of imidazole rings is 1. The highest BCUT2D eigenvalue weighted by Gasteiger charge is 2.15. The molecule has 4 rings (SSSR count). The summed E-state index contributed by atoms with van der Waals surface area (Å²) >= 11 is 12.2. The van der Waals surface area contributed by atoms with Crippen molar-refractivity contribution in [2.24, 2.45) is 0 Å². The lowest BCUT2D eigenvalue weighted by Gasteiger charge is -2.12. The molecular weight excluding hydrogens is 409 g/mol. The highest BCUT2D eigenvalue weighted by atomic mass is 35.5. The van der Waals surface area contributed by atoms with Gasteiger partial charge in [-0.2, -0.15) is 0 Å². The Hall–Kier alpha value is -3.02. The predicted molar refractivity (Wildman–Crippen MR) is 115 cm³/mol. The number of carbonyl (C=O) groups is 1. The quantitative estimate of drug-likeness (QED) is 0.440. The van der Waals surface area contributed by atoms with Gasteiger partial charge in [0.2, 0.25) is 0 Å². The first kappa shape index (κ1) is 19.3. The van der Waals surface area contributed by atoms with Gasteiger partial charge < -0.3 is 14.5 Å². The Kier molecular flexibility index (Phi) is 5.43. The first-order valence-electron chi connectivity index (χ1n) is 8.93. The third-order valence-corrected chi connectivity index (χ3v) is 5.25. The Morgan fingerprint density at radius 1 is 1.10 bits per heavy atom. The molecule has 7 heteroatoms. The van der Waals surface area contributed by atoms with Crippen molar-refractivity contribution in [1.29, 1.82) is 0 Å². The summed E-state index contributed by atoms with van der Waals surface area (Å²) in [7, 11) is 0. The fourth-order valence-electron chi connectivity index (χ4n) is 3.00. The van der Waals surface area contributed by atoms with Crippen LogP contribution in [0, 0.1) is 6.92 Å². The van der Waals surface area contributed by atoms with Crippen molar-refractivity contribution in [2.75, 3.05) is 5.32 Å². The van der Waals surface area contributed by atoms with Crippen molar-refractivity contribution in [3.05, 3.63) is 93.9 Å². The number of aryl methyl sites for hydroxylation is 1. The molecule has 146 valence electrons. The summed E-state index contributed by atoms with van der Waals surface area (Å²) in [6, 6.07) is 16.1. The molecule has 0 aliphatic carbocycles. The molecule has 0 unspecified atom stereocenters. The molecule has 2 heterocycles. The lowest BCUT2D eigenvalue weighted by atomic mass is 10.2. The van der Waals surface area contributed by atoms with Crippen LogP contribution in [-0.2, 0) is 6.61 Å². The van der Waals surface area contributed by atoms with Crippen LogP contribution < -0.4 is 10.1 Å². The molecule has 5 nitrogen and oxygen atoms in total. The van der Waals surface area contributed by atoms with Crippen LogP contribution >= 0.6 is 23.2 Å². The maximum absolute atomic E-state index is 12.8. The Balaban J connectivity index is 1.54. The number of nitrogens with zero attached hydrogens (tertiary/aromatic N) is 2. The average Bonchev–Trinajstić information content (AvgIpc) is 3.15. The number of hydrogen-bond donors (Lipinski definition) is 1. The Bertz CT molecular complexity index is 1200. The number of rotatable bonds is 5. The molecule has 1 amide bonds. The number of para-hydroxylation sites is 1. The number of nitrogens with one attached hydrogen (secondary N) is 1. The van der Waals surface area contributed by atoms with Gasteiger partial charge in [0.15, 0.2) is 0 Å². The Morgan fingerprint density at radius 2 is 1.93 bits per heavy atom. The van der Waals surface area contributed by atoms with E-state index in [-0.39, 0.29) is 12.5 Å². The summed E-state index contributed by atoms with van der Waals surface area (Å²) in [6.07, 6.45) is 3.85. The van der Waals surface area contributed by atoms with Crippen LogP contribution in [-0.4, -0.2) is 15.3 Å². The summed E-state index contributed by atoms with van der Waals surface area (Å²) in [5.74, 6) is 0.118. The molecule has 0 fully saturated rings. The van der Waals surface area contributed by atoms with Crippen molar-refractivity contribution in [1.82, 2.24) is 9.38 Å². The van der Waals surface area contributed by atoms with Crippen molar-refractivity contribution in [3.63, 3.8) is 0 Å². The van der Waals surface area contributed by atoms with Crippen molar-refractivity contribution in [3.8, 4) is 5.75 Å². The minimum atomic E-state index is -0.337. The van der Waals surface area contributed by atoms with Crippen molar-refractivity contribution >= 4 is 40.4 Å². The molecule has 0 aliphatic rings. The fourth-order valence-corrected chi connectivity index (χ4v) is 3.34. The SMILES string of the molecule is Cc1cccn2cc(COc3ccccc3C(=O)Nc3cccc(Cl)c3Cl)nc12. The summed E-state index contributed by atoms with van der Waals surface area (Å²) in [5.41, 5.74) is 3.57. The molecule has 0 saturated heterocycles. The van der Waals surface area contributed by atoms with E-state index in [1.807, 2.05) is 41.9 Å². The van der Waals surface area contributed by atoms with E-state index in [1.165, 1.54) is 0 Å². The molecule has 0 spiro atoms. The van der Waals surface area contributed by atoms with Gasteiger partial charge >= 0.3 is 0 Å². The average molecular weight is 426 g/mol. The summed E-state index contributed by atoms with van der Waals surface area (Å²) in [5, 5.41) is 3.44. The topological polar surface area (TPSA) is 55.6 Å². The molecule has 2 aromatic carbocycles. The summed E-state index contributed by atoms with van der Waals surface area (Å²) in [6.45, 7) is 2.25. The zero-order chi connectivity index (χ0) is 20.4. The van der Waals surface area contributed by atoms with E-state index in [1.54, 1.807) is 36.4 Å². The fraction of sp³-hybridized carbons (Fsp3) is 0.0909. The zero-order valence-electron chi connectivity index (χ0n) is 15.5. The lowest BCUT2D eigenvalue weighted by molar-refractivity contribution is 0.102. The summed E-state index contributed by atoms with van der Waals surface area (Å²) in [4.78, 5) is 17.4. The largest absolute Gasteiger partial charge is 0.486 e. The molecule has 0 saturated carbocycles. The number of carbonyl (C=O) groups excluding carboxylic acids is 1. The third-order valence-electron chi connectivity index (χ3n) is 4.43. The third kappa shape index (κ3) is 4.06. The van der Waals surface area contributed by atoms with E-state index < -0.39 is 0 Å². The number of anilines is 1. The predicted octanol–water partition coefficient (Wildman–Crippen LogP) is 5.78. The number of halogens is 2. The van der Waals surface area contributed by atoms with E-state index in [0.717, 1.165) is 16.9 Å². The van der Waals surface area contributed by atoms with E-state index in [4.69, 9.17) is 27.9 Å². The van der Waals surface area contributed by atoms with Crippen molar-refractivity contribution < 1.29 is 9.53 Å². The second-order valence-corrected chi connectivity index (χ2v) is 7.28. The molecular formula is C22H17Cl2N3O2. The van der Waals surface area contributed by atoms with Crippen LogP contribution in [0.1, 0.15) is 21.6 Å². The number of aromatic nitrogens is 2. The van der Waals surface area contributed by atoms with Gasteiger partial charge in [-0.3, -0.25) is 4.79 Å². The standard InChI is InChI=1S/C22H17Cl2N3O2/c1-14-6-5-11-27-12-15(25-21(14)27)13-29-19-10-3-2-7-16(19)22(28)26-18-9-4-8-17(23)20(18)24/h2-12H,13H2,1H3,(H,26,28). The monoisotopic (exact) mass is 425 g/mol. The molecule has 0 aliphatic heterocycles. The van der Waals surface area contributed by atoms with Gasteiger partial charge in [0.05, 0.1) is 27.0 Å². The van der Waals surface area contributed by atoms with Gasteiger partial charge in [-0.1, -0.05) is 47.5 Å². The molecule has 4 aromatic rings. The van der Waals surface area contributed by atoms with Gasteiger partial charge in [-0.05, 0) is 42.8 Å². The Labute approximate surface area is 177 Å². The normalized spacial score (nSPS) is 10.9. The van der Waals surface area contributed by atoms with Gasteiger partial charge in [0.1, 0.15) is 18.0 Å². The van der Waals surface area contributed by atoms with Gasteiger partial charge in [0.25, 0.3) is 5.91 Å². The lowest BCUT2D eigenvalue weighted by Crippen LogP contribution is -2.14. The number of pyridine rings is 1. The number of fused-ring (bicyclic) bond motifs is 1. The minimum Gasteiger partial charge on any atom is -0.486 e. The van der Waals surface area contributed by atoms with Crippen LogP contribution in [0.25, 0.3) is 5.65 Å². The highest BCUT2D eigenvalue weighted by Crippen LogP contribution is 2.30. The first-order chi connectivity index (χ1) is 14.0. The van der Waals surface area contributed by atoms with Gasteiger partial charge in [-0.25, -0.2) is 4.98 Å². The van der Waals surface area contributed by atoms with E-state index in [9.17, 15) is 4.79 Å². The highest BCUT2D eigenvalue weighted by molar-refractivity contribution is 6.44. The number of amides is 1. The molecule has 29 heavy (non-hydrogen) atoms. The zero-order valence-corrected chi connectivity index (χ0v) is 17.0. The molecule has 0 radical (unpaired) electrons. The molecule has 2 aromatic heterocycles. The van der Waals surface area contributed by atoms with Crippen LogP contribution in [0.15, 0.2) is 67.0 Å².